The zero-order valence-electron chi connectivity index (χ0n) is 35.0. The van der Waals surface area contributed by atoms with Crippen LogP contribution in [-0.4, -0.2) is 0 Å². The van der Waals surface area contributed by atoms with Crippen LogP contribution in [0.4, 0.5) is 34.1 Å². The van der Waals surface area contributed by atoms with Gasteiger partial charge in [-0.1, -0.05) is 170 Å². The van der Waals surface area contributed by atoms with Gasteiger partial charge in [0.1, 0.15) is 0 Å². The minimum Gasteiger partial charge on any atom is -0.310 e. The Labute approximate surface area is 371 Å². The lowest BCUT2D eigenvalue weighted by Gasteiger charge is -2.27. The Kier molecular flexibility index (Phi) is 8.25. The molecule has 0 atom stereocenters. The van der Waals surface area contributed by atoms with Crippen LogP contribution in [0.2, 0.25) is 0 Å². The zero-order valence-corrected chi connectivity index (χ0v) is 35.0. The first-order chi connectivity index (χ1) is 31.8. The largest absolute Gasteiger partial charge is 0.310 e. The predicted molar refractivity (Wildman–Crippen MR) is 274 cm³/mol. The van der Waals surface area contributed by atoms with Crippen molar-refractivity contribution in [2.24, 2.45) is 0 Å². The van der Waals surface area contributed by atoms with Crippen LogP contribution in [0.25, 0.3) is 86.9 Å². The van der Waals surface area contributed by atoms with E-state index in [-0.39, 0.29) is 0 Å². The molecule has 13 aromatic rings. The first kappa shape index (κ1) is 36.2. The first-order valence-corrected chi connectivity index (χ1v) is 22.1. The number of para-hydroxylation sites is 4. The normalized spacial score (nSPS) is 11.8. The number of nitrogens with zero attached hydrogens (tertiary/aromatic N) is 2. The second-order valence-corrected chi connectivity index (χ2v) is 16.8. The van der Waals surface area contributed by atoms with E-state index in [1.165, 1.54) is 86.9 Å². The summed E-state index contributed by atoms with van der Waals surface area (Å²) < 4.78 is 0. The third kappa shape index (κ3) is 5.53. The van der Waals surface area contributed by atoms with Crippen molar-refractivity contribution in [1.29, 1.82) is 0 Å². The molecule has 0 aliphatic rings. The minimum absolute atomic E-state index is 1.12. The summed E-state index contributed by atoms with van der Waals surface area (Å²) in [6.07, 6.45) is 0. The van der Waals surface area contributed by atoms with Crippen molar-refractivity contribution in [1.82, 2.24) is 0 Å². The van der Waals surface area contributed by atoms with Gasteiger partial charge in [0.2, 0.25) is 0 Å². The predicted octanol–water partition coefficient (Wildman–Crippen LogP) is 17.8. The molecule has 0 bridgehead atoms. The highest BCUT2D eigenvalue weighted by atomic mass is 15.1. The van der Waals surface area contributed by atoms with Gasteiger partial charge in [0.05, 0.1) is 11.4 Å². The Hall–Kier alpha value is -8.46. The highest BCUT2D eigenvalue weighted by molar-refractivity contribution is 6.46. The molecule has 64 heavy (non-hydrogen) atoms. The molecule has 0 aliphatic carbocycles. The fraction of sp³-hybridized carbons (Fsp3) is 0. The molecular weight excluding hydrogens is 773 g/mol. The zero-order chi connectivity index (χ0) is 42.1. The molecule has 13 rings (SSSR count). The van der Waals surface area contributed by atoms with E-state index < -0.39 is 0 Å². The van der Waals surface area contributed by atoms with Gasteiger partial charge < -0.3 is 9.80 Å². The summed E-state index contributed by atoms with van der Waals surface area (Å²) in [5.41, 5.74) is 11.7. The van der Waals surface area contributed by atoms with Crippen molar-refractivity contribution < 1.29 is 0 Å². The van der Waals surface area contributed by atoms with Crippen LogP contribution in [0, 0.1) is 0 Å². The summed E-state index contributed by atoms with van der Waals surface area (Å²) in [7, 11) is 0. The molecule has 0 unspecified atom stereocenters. The second-order valence-electron chi connectivity index (χ2n) is 16.8. The highest BCUT2D eigenvalue weighted by Gasteiger charge is 2.28. The van der Waals surface area contributed by atoms with E-state index in [0.717, 1.165) is 34.1 Å². The summed E-state index contributed by atoms with van der Waals surface area (Å²) in [6.45, 7) is 0. The van der Waals surface area contributed by atoms with Gasteiger partial charge >= 0.3 is 0 Å². The summed E-state index contributed by atoms with van der Waals surface area (Å²) in [5, 5.41) is 15.2. The minimum atomic E-state index is 1.12. The molecule has 2 nitrogen and oxygen atoms in total. The van der Waals surface area contributed by atoms with Crippen molar-refractivity contribution in [2.75, 3.05) is 9.80 Å². The van der Waals surface area contributed by atoms with E-state index in [9.17, 15) is 0 Å². The Bertz CT molecular complexity index is 3720. The Morgan fingerprint density at radius 3 is 1.20 bits per heavy atom. The number of hydrogen-bond acceptors (Lipinski definition) is 2. The maximum absolute atomic E-state index is 2.45. The first-order valence-electron chi connectivity index (χ1n) is 22.1. The molecule has 0 spiro atoms. The third-order valence-corrected chi connectivity index (χ3v) is 13.3. The number of anilines is 6. The standard InChI is InChI=1S/C62H40N2/c1-7-19-41(20-8-1)44-39-43-31-37-56(64(47-27-15-5-16-28-47)48-29-17-6-18-30-48)62-57(43)54(40-44)51-33-35-53-59(61(51)62)52-34-32-49(42-21-9-2-10-22-42)50-36-38-55(60(53)58(50)52)63(45-23-11-3-12-24-45)46-25-13-4-14-26-46/h1-40H. The van der Waals surface area contributed by atoms with E-state index in [1.54, 1.807) is 0 Å². The van der Waals surface area contributed by atoms with Crippen LogP contribution in [0.5, 0.6) is 0 Å². The molecular formula is C62H40N2. The number of benzene rings is 11. The Morgan fingerprint density at radius 2 is 0.641 bits per heavy atom. The molecule has 298 valence electrons. The van der Waals surface area contributed by atoms with Crippen LogP contribution >= 0.6 is 0 Å². The van der Waals surface area contributed by atoms with Gasteiger partial charge in [0.15, 0.2) is 0 Å². The average Bonchev–Trinajstić information content (AvgIpc) is 3.89. The molecule has 0 saturated heterocycles. The van der Waals surface area contributed by atoms with Gasteiger partial charge in [-0.05, 0) is 138 Å². The van der Waals surface area contributed by atoms with Crippen LogP contribution < -0.4 is 9.80 Å². The molecule has 0 saturated carbocycles. The summed E-state index contributed by atoms with van der Waals surface area (Å²) in [6, 6.07) is 88.9. The average molecular weight is 813 g/mol. The van der Waals surface area contributed by atoms with Gasteiger partial charge in [-0.3, -0.25) is 0 Å². The molecule has 0 radical (unpaired) electrons. The van der Waals surface area contributed by atoms with Gasteiger partial charge in [-0.2, -0.15) is 0 Å². The molecule has 0 aliphatic heterocycles. The van der Waals surface area contributed by atoms with Crippen molar-refractivity contribution >= 4 is 98.8 Å². The summed E-state index contributed by atoms with van der Waals surface area (Å²) in [4.78, 5) is 4.89. The number of rotatable bonds is 8. The lowest BCUT2D eigenvalue weighted by molar-refractivity contribution is 1.30. The molecule has 0 fully saturated rings. The molecule has 0 amide bonds. The van der Waals surface area contributed by atoms with Crippen LogP contribution in [-0.2, 0) is 0 Å². The van der Waals surface area contributed by atoms with Crippen molar-refractivity contribution in [3.8, 4) is 22.3 Å². The van der Waals surface area contributed by atoms with Crippen LogP contribution in [0.1, 0.15) is 0 Å². The second kappa shape index (κ2) is 14.6. The maximum atomic E-state index is 2.45. The lowest BCUT2D eigenvalue weighted by Crippen LogP contribution is -2.10. The van der Waals surface area contributed by atoms with E-state index in [2.05, 4.69) is 252 Å². The number of hydrogen-bond donors (Lipinski definition) is 0. The van der Waals surface area contributed by atoms with E-state index in [0.29, 0.717) is 0 Å². The fourth-order valence-electron chi connectivity index (χ4n) is 10.6. The van der Waals surface area contributed by atoms with E-state index >= 15 is 0 Å². The van der Waals surface area contributed by atoms with Crippen LogP contribution in [0.15, 0.2) is 243 Å². The maximum Gasteiger partial charge on any atom is 0.0547 e. The van der Waals surface area contributed by atoms with Gasteiger partial charge in [0, 0.05) is 44.3 Å². The molecule has 2 heteroatoms. The van der Waals surface area contributed by atoms with Crippen molar-refractivity contribution in [2.45, 2.75) is 0 Å². The molecule has 0 aromatic heterocycles. The topological polar surface area (TPSA) is 6.48 Å². The van der Waals surface area contributed by atoms with Gasteiger partial charge in [-0.25, -0.2) is 0 Å². The molecule has 0 heterocycles. The van der Waals surface area contributed by atoms with Gasteiger partial charge in [0.25, 0.3) is 0 Å². The smallest absolute Gasteiger partial charge is 0.0547 e. The van der Waals surface area contributed by atoms with Crippen molar-refractivity contribution in [3.63, 3.8) is 0 Å². The fourth-order valence-corrected chi connectivity index (χ4v) is 10.6. The SMILES string of the molecule is c1ccc(-c2cc3ccc(N(c4ccccc4)c4ccccc4)c4c3c(c2)c2ccc3c5c(N(c6ccccc6)c6ccccc6)ccc6c(-c7ccccc7)ccc(c65)c3c24)cc1. The Balaban J connectivity index is 1.23. The van der Waals surface area contributed by atoms with Crippen LogP contribution in [0.3, 0.4) is 0 Å². The summed E-state index contributed by atoms with van der Waals surface area (Å²) >= 11 is 0. The lowest BCUT2D eigenvalue weighted by atomic mass is 9.95. The molecule has 13 aromatic carbocycles. The highest BCUT2D eigenvalue weighted by Crippen LogP contribution is 2.55. The molecule has 0 N–H and O–H groups in total. The quantitative estimate of drug-likeness (QED) is 0.151. The monoisotopic (exact) mass is 812 g/mol. The van der Waals surface area contributed by atoms with Gasteiger partial charge in [-0.15, -0.1) is 0 Å². The van der Waals surface area contributed by atoms with E-state index in [1.807, 2.05) is 0 Å². The summed E-state index contributed by atoms with van der Waals surface area (Å²) in [5.74, 6) is 0. The number of fused-ring (bicyclic) bond motifs is 7. The van der Waals surface area contributed by atoms with Crippen molar-refractivity contribution in [3.05, 3.63) is 243 Å². The third-order valence-electron chi connectivity index (χ3n) is 13.3. The van der Waals surface area contributed by atoms with E-state index in [4.69, 9.17) is 0 Å². The Morgan fingerprint density at radius 1 is 0.219 bits per heavy atom.